The third kappa shape index (κ3) is 6.64. The molecular formula is C23H25F2N3O7S2. The minimum atomic E-state index is -3.90. The zero-order valence-electron chi connectivity index (χ0n) is 20.3. The Bertz CT molecular complexity index is 1440. The third-order valence-electron chi connectivity index (χ3n) is 5.24. The van der Waals surface area contributed by atoms with E-state index >= 15 is 0 Å². The van der Waals surface area contributed by atoms with Crippen molar-refractivity contribution in [2.24, 2.45) is 4.99 Å². The molecular weight excluding hydrogens is 532 g/mol. The normalized spacial score (nSPS) is 12.4. The van der Waals surface area contributed by atoms with Gasteiger partial charge in [0.2, 0.25) is 10.0 Å². The minimum Gasteiger partial charge on any atom is -0.468 e. The van der Waals surface area contributed by atoms with Crippen molar-refractivity contribution >= 4 is 43.5 Å². The number of ether oxygens (including phenoxy) is 3. The van der Waals surface area contributed by atoms with E-state index in [1.165, 1.54) is 42.8 Å². The number of hydrogen-bond donors (Lipinski definition) is 0. The van der Waals surface area contributed by atoms with E-state index in [9.17, 15) is 26.8 Å². The van der Waals surface area contributed by atoms with Crippen LogP contribution in [0.2, 0.25) is 0 Å². The average molecular weight is 558 g/mol. The summed E-state index contributed by atoms with van der Waals surface area (Å²) in [6.07, 6.45) is 0. The van der Waals surface area contributed by atoms with Crippen LogP contribution in [0.1, 0.15) is 10.4 Å². The standard InChI is InChI=1S/C23H25F2N3O7S2/c1-33-10-8-27(9-11-34-2)37(31,32)17-6-4-15(5-7-17)22(30)26-23-28(14-20(29)35-3)21-18(25)12-16(24)13-19(21)36-23/h4-7,12-13H,8-11,14H2,1-3H3. The predicted octanol–water partition coefficient (Wildman–Crippen LogP) is 2.18. The summed E-state index contributed by atoms with van der Waals surface area (Å²) in [5, 5.41) is 0. The van der Waals surface area contributed by atoms with Crippen molar-refractivity contribution in [3.05, 3.63) is 58.4 Å². The molecule has 0 radical (unpaired) electrons. The molecule has 0 unspecified atom stereocenters. The quantitative estimate of drug-likeness (QED) is 0.332. The zero-order chi connectivity index (χ0) is 27.2. The molecule has 0 saturated carbocycles. The molecule has 3 aromatic rings. The minimum absolute atomic E-state index is 0.0450. The highest BCUT2D eigenvalue weighted by molar-refractivity contribution is 7.89. The van der Waals surface area contributed by atoms with Crippen molar-refractivity contribution in [1.29, 1.82) is 0 Å². The molecule has 0 atom stereocenters. The zero-order valence-corrected chi connectivity index (χ0v) is 21.9. The first-order valence-corrected chi connectivity index (χ1v) is 13.1. The summed E-state index contributed by atoms with van der Waals surface area (Å²) in [7, 11) is 0.174. The summed E-state index contributed by atoms with van der Waals surface area (Å²) in [6.45, 7) is 0.136. The molecule has 0 aliphatic rings. The molecule has 0 bridgehead atoms. The summed E-state index contributed by atoms with van der Waals surface area (Å²) < 4.78 is 71.4. The molecule has 14 heteroatoms. The second kappa shape index (κ2) is 12.5. The number of benzene rings is 2. The molecule has 1 aromatic heterocycles. The fourth-order valence-electron chi connectivity index (χ4n) is 3.36. The van der Waals surface area contributed by atoms with Crippen LogP contribution in [0, 0.1) is 11.6 Å². The van der Waals surface area contributed by atoms with Gasteiger partial charge in [0, 0.05) is 38.9 Å². The number of sulfonamides is 1. The van der Waals surface area contributed by atoms with Crippen molar-refractivity contribution < 1.29 is 41.0 Å². The number of amides is 1. The topological polar surface area (TPSA) is 116 Å². The van der Waals surface area contributed by atoms with Crippen LogP contribution in [0.3, 0.4) is 0 Å². The molecule has 1 amide bonds. The van der Waals surface area contributed by atoms with E-state index in [0.717, 1.165) is 29.1 Å². The van der Waals surface area contributed by atoms with E-state index in [0.29, 0.717) is 6.07 Å². The number of carbonyl (C=O) groups is 2. The lowest BCUT2D eigenvalue weighted by Crippen LogP contribution is -2.36. The number of methoxy groups -OCH3 is 3. The number of aromatic nitrogens is 1. The van der Waals surface area contributed by atoms with Crippen LogP contribution in [0.25, 0.3) is 10.2 Å². The molecule has 0 aliphatic heterocycles. The molecule has 0 spiro atoms. The first kappa shape index (κ1) is 28.5. The summed E-state index contributed by atoms with van der Waals surface area (Å²) in [6, 6.07) is 6.86. The van der Waals surface area contributed by atoms with E-state index in [1.807, 2.05) is 0 Å². The van der Waals surface area contributed by atoms with Crippen LogP contribution < -0.4 is 4.80 Å². The SMILES string of the molecule is COCCN(CCOC)S(=O)(=O)c1ccc(C(=O)N=c2sc3cc(F)cc(F)c3n2CC(=O)OC)cc1. The van der Waals surface area contributed by atoms with Crippen LogP contribution in [0.5, 0.6) is 0 Å². The first-order chi connectivity index (χ1) is 17.6. The summed E-state index contributed by atoms with van der Waals surface area (Å²) >= 11 is 0.816. The molecule has 200 valence electrons. The van der Waals surface area contributed by atoms with Gasteiger partial charge in [-0.15, -0.1) is 0 Å². The van der Waals surface area contributed by atoms with Crippen molar-refractivity contribution in [2.45, 2.75) is 11.4 Å². The smallest absolute Gasteiger partial charge is 0.325 e. The molecule has 37 heavy (non-hydrogen) atoms. The van der Waals surface area contributed by atoms with E-state index < -0.39 is 40.1 Å². The Balaban J connectivity index is 1.97. The van der Waals surface area contributed by atoms with Crippen molar-refractivity contribution in [2.75, 3.05) is 47.6 Å². The number of halogens is 2. The lowest BCUT2D eigenvalue weighted by atomic mass is 10.2. The number of nitrogens with zero attached hydrogens (tertiary/aromatic N) is 3. The van der Waals surface area contributed by atoms with E-state index in [-0.39, 0.29) is 51.8 Å². The average Bonchev–Trinajstić information content (AvgIpc) is 3.20. The van der Waals surface area contributed by atoms with E-state index in [2.05, 4.69) is 9.73 Å². The summed E-state index contributed by atoms with van der Waals surface area (Å²) in [5.41, 5.74) is -0.0509. The van der Waals surface area contributed by atoms with Gasteiger partial charge in [-0.05, 0) is 30.3 Å². The summed E-state index contributed by atoms with van der Waals surface area (Å²) in [5.74, 6) is -3.25. The van der Waals surface area contributed by atoms with Crippen molar-refractivity contribution in [1.82, 2.24) is 8.87 Å². The molecule has 0 fully saturated rings. The van der Waals surface area contributed by atoms with E-state index in [1.54, 1.807) is 0 Å². The molecule has 0 N–H and O–H groups in total. The lowest BCUT2D eigenvalue weighted by Gasteiger charge is -2.21. The summed E-state index contributed by atoms with van der Waals surface area (Å²) in [4.78, 5) is 28.6. The Morgan fingerprint density at radius 3 is 2.22 bits per heavy atom. The number of esters is 1. The van der Waals surface area contributed by atoms with Gasteiger partial charge in [-0.1, -0.05) is 11.3 Å². The van der Waals surface area contributed by atoms with Gasteiger partial charge in [0.25, 0.3) is 5.91 Å². The highest BCUT2D eigenvalue weighted by Gasteiger charge is 2.24. The monoisotopic (exact) mass is 557 g/mol. The highest BCUT2D eigenvalue weighted by Crippen LogP contribution is 2.23. The van der Waals surface area contributed by atoms with Crippen molar-refractivity contribution in [3.63, 3.8) is 0 Å². The van der Waals surface area contributed by atoms with Crippen LogP contribution in [0.15, 0.2) is 46.3 Å². The highest BCUT2D eigenvalue weighted by atomic mass is 32.2. The van der Waals surface area contributed by atoms with Gasteiger partial charge in [0.1, 0.15) is 12.4 Å². The maximum atomic E-state index is 14.5. The van der Waals surface area contributed by atoms with Gasteiger partial charge in [0.15, 0.2) is 10.6 Å². The Morgan fingerprint density at radius 2 is 1.65 bits per heavy atom. The third-order valence-corrected chi connectivity index (χ3v) is 8.17. The first-order valence-electron chi connectivity index (χ1n) is 10.8. The molecule has 2 aromatic carbocycles. The maximum Gasteiger partial charge on any atom is 0.325 e. The van der Waals surface area contributed by atoms with Crippen LogP contribution in [0.4, 0.5) is 8.78 Å². The van der Waals surface area contributed by atoms with Gasteiger partial charge < -0.3 is 18.8 Å². The van der Waals surface area contributed by atoms with E-state index in [4.69, 9.17) is 9.47 Å². The molecule has 3 rings (SSSR count). The second-order valence-electron chi connectivity index (χ2n) is 7.61. The van der Waals surface area contributed by atoms with Gasteiger partial charge in [-0.25, -0.2) is 17.2 Å². The molecule has 0 saturated heterocycles. The lowest BCUT2D eigenvalue weighted by molar-refractivity contribution is -0.141. The molecule has 1 heterocycles. The fraction of sp³-hybridized carbons (Fsp3) is 0.348. The van der Waals surface area contributed by atoms with Gasteiger partial charge in [-0.2, -0.15) is 9.30 Å². The van der Waals surface area contributed by atoms with Crippen LogP contribution in [-0.4, -0.2) is 76.8 Å². The van der Waals surface area contributed by atoms with Gasteiger partial charge >= 0.3 is 5.97 Å². The maximum absolute atomic E-state index is 14.5. The number of hydrogen-bond acceptors (Lipinski definition) is 8. The Labute approximate surface area is 215 Å². The molecule has 10 nitrogen and oxygen atoms in total. The number of fused-ring (bicyclic) bond motifs is 1. The van der Waals surface area contributed by atoms with Crippen molar-refractivity contribution in [3.8, 4) is 0 Å². The van der Waals surface area contributed by atoms with Crippen LogP contribution >= 0.6 is 11.3 Å². The van der Waals surface area contributed by atoms with Crippen LogP contribution in [-0.2, 0) is 35.6 Å². The largest absolute Gasteiger partial charge is 0.468 e. The Hall–Kier alpha value is -3.04. The predicted molar refractivity (Wildman–Crippen MR) is 131 cm³/mol. The number of thiazole rings is 1. The second-order valence-corrected chi connectivity index (χ2v) is 10.6. The molecule has 0 aliphatic carbocycles. The van der Waals surface area contributed by atoms with Gasteiger partial charge in [0.05, 0.1) is 35.4 Å². The number of rotatable bonds is 11. The Kier molecular flexibility index (Phi) is 9.62. The number of carbonyl (C=O) groups excluding carboxylic acids is 2. The van der Waals surface area contributed by atoms with Gasteiger partial charge in [-0.3, -0.25) is 9.59 Å². The Morgan fingerprint density at radius 1 is 1.03 bits per heavy atom. The fourth-order valence-corrected chi connectivity index (χ4v) is 5.84.